The zero-order valence-corrected chi connectivity index (χ0v) is 12.1. The number of benzene rings is 1. The van der Waals surface area contributed by atoms with Crippen LogP contribution in [0.2, 0.25) is 0 Å². The first kappa shape index (κ1) is 14.3. The van der Waals surface area contributed by atoms with E-state index in [2.05, 4.69) is 10.6 Å². The third-order valence-corrected chi connectivity index (χ3v) is 3.70. The highest BCUT2D eigenvalue weighted by atomic mass is 16.3. The number of amides is 2. The van der Waals surface area contributed by atoms with E-state index in [9.17, 15) is 14.4 Å². The highest BCUT2D eigenvalue weighted by Gasteiger charge is 2.25. The molecule has 0 radical (unpaired) electrons. The second-order valence-electron chi connectivity index (χ2n) is 5.43. The van der Waals surface area contributed by atoms with Gasteiger partial charge in [0.25, 0.3) is 5.91 Å². The Morgan fingerprint density at radius 3 is 2.91 bits per heavy atom. The quantitative estimate of drug-likeness (QED) is 0.869. The Balaban J connectivity index is 1.90. The minimum Gasteiger partial charge on any atom is -0.451 e. The van der Waals surface area contributed by atoms with Crippen molar-refractivity contribution in [3.05, 3.63) is 45.8 Å². The minimum atomic E-state index is -0.584. The summed E-state index contributed by atoms with van der Waals surface area (Å²) in [5, 5.41) is 5.73. The van der Waals surface area contributed by atoms with Crippen LogP contribution in [0.25, 0.3) is 11.0 Å². The van der Waals surface area contributed by atoms with Crippen molar-refractivity contribution in [1.82, 2.24) is 10.6 Å². The average Bonchev–Trinajstić information content (AvgIpc) is 2.49. The van der Waals surface area contributed by atoms with E-state index in [0.717, 1.165) is 18.1 Å². The summed E-state index contributed by atoms with van der Waals surface area (Å²) >= 11 is 0. The van der Waals surface area contributed by atoms with E-state index in [4.69, 9.17) is 4.42 Å². The maximum Gasteiger partial charge on any atom is 0.287 e. The molecule has 0 bridgehead atoms. The van der Waals surface area contributed by atoms with Crippen LogP contribution < -0.4 is 16.1 Å². The molecule has 6 heteroatoms. The van der Waals surface area contributed by atoms with E-state index in [1.165, 1.54) is 0 Å². The summed E-state index contributed by atoms with van der Waals surface area (Å²) in [4.78, 5) is 35.9. The third kappa shape index (κ3) is 2.72. The molecule has 1 aliphatic heterocycles. The molecule has 2 aromatic rings. The molecular formula is C16H16N2O4. The Kier molecular flexibility index (Phi) is 3.66. The van der Waals surface area contributed by atoms with Crippen molar-refractivity contribution >= 4 is 22.8 Å². The van der Waals surface area contributed by atoms with Gasteiger partial charge >= 0.3 is 0 Å². The average molecular weight is 300 g/mol. The lowest BCUT2D eigenvalue weighted by molar-refractivity contribution is -0.124. The van der Waals surface area contributed by atoms with Gasteiger partial charge in [0.1, 0.15) is 11.6 Å². The summed E-state index contributed by atoms with van der Waals surface area (Å²) in [6.07, 6.45) is 1.38. The monoisotopic (exact) mass is 300 g/mol. The minimum absolute atomic E-state index is 0.0820. The molecule has 0 aliphatic carbocycles. The van der Waals surface area contributed by atoms with Crippen LogP contribution in [0.5, 0.6) is 0 Å². The number of nitrogens with one attached hydrogen (secondary N) is 2. The van der Waals surface area contributed by atoms with Crippen LogP contribution >= 0.6 is 0 Å². The number of aryl methyl sites for hydroxylation is 1. The first-order valence-electron chi connectivity index (χ1n) is 7.18. The number of rotatable bonds is 2. The summed E-state index contributed by atoms with van der Waals surface area (Å²) in [6.45, 7) is 2.49. The fraction of sp³-hybridized carbons (Fsp3) is 0.312. The van der Waals surface area contributed by atoms with Gasteiger partial charge in [-0.15, -0.1) is 0 Å². The molecule has 0 unspecified atom stereocenters. The van der Waals surface area contributed by atoms with Crippen LogP contribution in [0.15, 0.2) is 33.5 Å². The first-order chi connectivity index (χ1) is 10.5. The summed E-state index contributed by atoms with van der Waals surface area (Å²) in [6, 6.07) is 5.77. The molecule has 2 N–H and O–H groups in total. The van der Waals surface area contributed by atoms with Crippen LogP contribution in [0, 0.1) is 6.92 Å². The van der Waals surface area contributed by atoms with E-state index < -0.39 is 11.9 Å². The van der Waals surface area contributed by atoms with Gasteiger partial charge in [0.2, 0.25) is 5.91 Å². The summed E-state index contributed by atoms with van der Waals surface area (Å²) < 4.78 is 5.52. The Morgan fingerprint density at radius 2 is 2.14 bits per heavy atom. The van der Waals surface area contributed by atoms with Gasteiger partial charge in [-0.3, -0.25) is 14.4 Å². The third-order valence-electron chi connectivity index (χ3n) is 3.70. The summed E-state index contributed by atoms with van der Waals surface area (Å²) in [7, 11) is 0. The largest absolute Gasteiger partial charge is 0.451 e. The summed E-state index contributed by atoms with van der Waals surface area (Å²) in [5.74, 6) is -0.845. The molecular weight excluding hydrogens is 284 g/mol. The summed E-state index contributed by atoms with van der Waals surface area (Å²) in [5.41, 5.74) is 1.02. The Hall–Kier alpha value is -2.63. The molecule has 0 spiro atoms. The highest BCUT2D eigenvalue weighted by molar-refractivity contribution is 5.96. The zero-order valence-electron chi connectivity index (χ0n) is 12.1. The SMILES string of the molecule is Cc1ccc2c(=O)cc(C(=O)N[C@H]3CCCNC3=O)oc2c1. The van der Waals surface area contributed by atoms with Crippen molar-refractivity contribution in [2.24, 2.45) is 0 Å². The molecule has 114 valence electrons. The van der Waals surface area contributed by atoms with E-state index in [1.807, 2.05) is 13.0 Å². The van der Waals surface area contributed by atoms with E-state index >= 15 is 0 Å². The number of fused-ring (bicyclic) bond motifs is 1. The van der Waals surface area contributed by atoms with Crippen molar-refractivity contribution in [2.75, 3.05) is 6.54 Å². The maximum atomic E-state index is 12.2. The Morgan fingerprint density at radius 1 is 1.32 bits per heavy atom. The van der Waals surface area contributed by atoms with Gasteiger partial charge in [0.05, 0.1) is 5.39 Å². The van der Waals surface area contributed by atoms with Gasteiger partial charge in [-0.25, -0.2) is 0 Å². The van der Waals surface area contributed by atoms with E-state index in [0.29, 0.717) is 23.9 Å². The number of hydrogen-bond acceptors (Lipinski definition) is 4. The number of piperidine rings is 1. The van der Waals surface area contributed by atoms with Crippen LogP contribution in [0.3, 0.4) is 0 Å². The normalized spacial score (nSPS) is 18.0. The zero-order chi connectivity index (χ0) is 15.7. The number of hydrogen-bond donors (Lipinski definition) is 2. The van der Waals surface area contributed by atoms with Gasteiger partial charge < -0.3 is 15.1 Å². The van der Waals surface area contributed by atoms with Gasteiger partial charge in [0, 0.05) is 12.6 Å². The standard InChI is InChI=1S/C16H16N2O4/c1-9-4-5-10-12(19)8-14(22-13(10)7-9)16(21)18-11-3-2-6-17-15(11)20/h4-5,7-8,11H,2-3,6H2,1H3,(H,17,20)(H,18,21)/t11-/m0/s1. The molecule has 3 rings (SSSR count). The Bertz CT molecular complexity index is 809. The topological polar surface area (TPSA) is 88.4 Å². The van der Waals surface area contributed by atoms with Crippen molar-refractivity contribution in [1.29, 1.82) is 0 Å². The predicted octanol–water partition coefficient (Wildman–Crippen LogP) is 1.11. The molecule has 2 amide bonds. The Labute approximate surface area is 126 Å². The van der Waals surface area contributed by atoms with E-state index in [1.54, 1.807) is 12.1 Å². The maximum absolute atomic E-state index is 12.2. The molecule has 22 heavy (non-hydrogen) atoms. The number of carbonyl (C=O) groups is 2. The molecule has 1 aromatic carbocycles. The molecule has 1 atom stereocenters. The van der Waals surface area contributed by atoms with E-state index in [-0.39, 0.29) is 17.1 Å². The lowest BCUT2D eigenvalue weighted by Gasteiger charge is -2.22. The smallest absolute Gasteiger partial charge is 0.287 e. The van der Waals surface area contributed by atoms with Gasteiger partial charge in [-0.2, -0.15) is 0 Å². The van der Waals surface area contributed by atoms with Crippen LogP contribution in [-0.4, -0.2) is 24.4 Å². The fourth-order valence-electron chi connectivity index (χ4n) is 2.51. The van der Waals surface area contributed by atoms with Crippen LogP contribution in [-0.2, 0) is 4.79 Å². The second-order valence-corrected chi connectivity index (χ2v) is 5.43. The lowest BCUT2D eigenvalue weighted by Crippen LogP contribution is -2.50. The lowest BCUT2D eigenvalue weighted by atomic mass is 10.1. The highest BCUT2D eigenvalue weighted by Crippen LogP contribution is 2.14. The molecule has 6 nitrogen and oxygen atoms in total. The van der Waals surface area contributed by atoms with Gasteiger partial charge in [-0.05, 0) is 37.5 Å². The molecule has 1 aliphatic rings. The molecule has 0 saturated carbocycles. The molecule has 1 aromatic heterocycles. The van der Waals surface area contributed by atoms with Crippen molar-refractivity contribution in [3.63, 3.8) is 0 Å². The van der Waals surface area contributed by atoms with Crippen LogP contribution in [0.1, 0.15) is 29.0 Å². The van der Waals surface area contributed by atoms with Crippen molar-refractivity contribution in [2.45, 2.75) is 25.8 Å². The van der Waals surface area contributed by atoms with Crippen molar-refractivity contribution < 1.29 is 14.0 Å². The van der Waals surface area contributed by atoms with Gasteiger partial charge in [-0.1, -0.05) is 6.07 Å². The fourth-order valence-corrected chi connectivity index (χ4v) is 2.51. The molecule has 1 fully saturated rings. The molecule has 1 saturated heterocycles. The van der Waals surface area contributed by atoms with Crippen LogP contribution in [0.4, 0.5) is 0 Å². The number of carbonyl (C=O) groups excluding carboxylic acids is 2. The first-order valence-corrected chi connectivity index (χ1v) is 7.18. The second kappa shape index (κ2) is 5.63. The molecule has 2 heterocycles. The van der Waals surface area contributed by atoms with Crippen molar-refractivity contribution in [3.8, 4) is 0 Å². The van der Waals surface area contributed by atoms with Gasteiger partial charge in [0.15, 0.2) is 11.2 Å². The predicted molar refractivity (Wildman–Crippen MR) is 80.7 cm³/mol.